The molecule has 0 saturated heterocycles. The molecule has 0 unspecified atom stereocenters. The van der Waals surface area contributed by atoms with Crippen molar-refractivity contribution >= 4 is 39.6 Å². The summed E-state index contributed by atoms with van der Waals surface area (Å²) < 4.78 is 12.6. The number of hydrogen-bond donors (Lipinski definition) is 1. The Labute approximate surface area is 198 Å². The first kappa shape index (κ1) is 21.6. The number of nitrogens with zero attached hydrogens (tertiary/aromatic N) is 5. The monoisotopic (exact) mass is 475 g/mol. The lowest BCUT2D eigenvalue weighted by Crippen LogP contribution is -2.11. The van der Waals surface area contributed by atoms with Crippen molar-refractivity contribution in [3.8, 4) is 22.9 Å². The van der Waals surface area contributed by atoms with E-state index in [2.05, 4.69) is 19.9 Å². The number of halogens is 1. The van der Waals surface area contributed by atoms with Crippen LogP contribution in [0, 0.1) is 6.92 Å². The second-order valence-corrected chi connectivity index (χ2v) is 7.74. The third-order valence-electron chi connectivity index (χ3n) is 5.22. The van der Waals surface area contributed by atoms with Gasteiger partial charge in [0.15, 0.2) is 17.1 Å². The van der Waals surface area contributed by atoms with E-state index in [1.807, 2.05) is 6.07 Å². The molecule has 34 heavy (non-hydrogen) atoms. The van der Waals surface area contributed by atoms with Gasteiger partial charge >= 0.3 is 5.97 Å². The molecule has 0 aliphatic rings. The van der Waals surface area contributed by atoms with E-state index in [9.17, 15) is 9.90 Å². The first-order valence-electron chi connectivity index (χ1n) is 10.4. The number of aromatic hydroxyl groups is 1. The van der Waals surface area contributed by atoms with E-state index >= 15 is 0 Å². The predicted octanol–water partition coefficient (Wildman–Crippen LogP) is 5.00. The fourth-order valence-electron chi connectivity index (χ4n) is 3.72. The third kappa shape index (κ3) is 3.65. The van der Waals surface area contributed by atoms with Crippen molar-refractivity contribution in [2.75, 3.05) is 6.61 Å². The minimum atomic E-state index is -0.689. The second kappa shape index (κ2) is 8.60. The Kier molecular flexibility index (Phi) is 5.46. The van der Waals surface area contributed by atoms with Crippen LogP contribution in [0.2, 0.25) is 5.02 Å². The topological polar surface area (TPSA) is 112 Å². The molecular formula is C24H18ClN5O4. The molecule has 1 N–H and O–H groups in total. The van der Waals surface area contributed by atoms with Gasteiger partial charge in [-0.05, 0) is 44.2 Å². The van der Waals surface area contributed by atoms with Crippen LogP contribution in [0.5, 0.6) is 17.2 Å². The highest BCUT2D eigenvalue weighted by Crippen LogP contribution is 2.38. The summed E-state index contributed by atoms with van der Waals surface area (Å²) in [7, 11) is 0. The summed E-state index contributed by atoms with van der Waals surface area (Å²) in [4.78, 5) is 29.7. The van der Waals surface area contributed by atoms with Gasteiger partial charge in [-0.3, -0.25) is 14.5 Å². The van der Waals surface area contributed by atoms with Crippen LogP contribution in [0.1, 0.15) is 23.1 Å². The van der Waals surface area contributed by atoms with Gasteiger partial charge in [-0.2, -0.15) is 0 Å². The van der Waals surface area contributed by atoms with Crippen molar-refractivity contribution < 1.29 is 19.4 Å². The summed E-state index contributed by atoms with van der Waals surface area (Å²) in [6, 6.07) is 10.4. The molecule has 0 radical (unpaired) electrons. The molecule has 0 aliphatic heterocycles. The molecule has 0 atom stereocenters. The first-order chi connectivity index (χ1) is 16.5. The molecule has 0 amide bonds. The number of carbonyl (C=O) groups is 1. The highest BCUT2D eigenvalue weighted by Gasteiger charge is 2.27. The van der Waals surface area contributed by atoms with E-state index in [4.69, 9.17) is 21.1 Å². The Morgan fingerprint density at radius 2 is 1.85 bits per heavy atom. The van der Waals surface area contributed by atoms with Gasteiger partial charge in [-0.25, -0.2) is 14.8 Å². The van der Waals surface area contributed by atoms with Crippen molar-refractivity contribution in [1.82, 2.24) is 24.5 Å². The molecule has 10 heteroatoms. The molecule has 0 spiro atoms. The molecule has 0 aliphatic carbocycles. The lowest BCUT2D eigenvalue weighted by Gasteiger charge is -2.13. The summed E-state index contributed by atoms with van der Waals surface area (Å²) in [6.45, 7) is 3.56. The molecule has 3 heterocycles. The summed E-state index contributed by atoms with van der Waals surface area (Å²) in [5, 5.41) is 11.5. The normalized spacial score (nSPS) is 11.1. The Bertz CT molecular complexity index is 1570. The maximum atomic E-state index is 12.7. The molecule has 0 fully saturated rings. The highest BCUT2D eigenvalue weighted by atomic mass is 35.5. The zero-order valence-electron chi connectivity index (χ0n) is 18.2. The maximum Gasteiger partial charge on any atom is 0.359 e. The smallest absolute Gasteiger partial charge is 0.359 e. The number of carbonyl (C=O) groups excluding carboxylic acids is 1. The van der Waals surface area contributed by atoms with Crippen molar-refractivity contribution in [1.29, 1.82) is 0 Å². The van der Waals surface area contributed by atoms with Crippen molar-refractivity contribution in [3.05, 3.63) is 71.5 Å². The van der Waals surface area contributed by atoms with Gasteiger partial charge in [0.05, 0.1) is 33.7 Å². The molecule has 9 nitrogen and oxygen atoms in total. The number of aryl methyl sites for hydroxylation is 1. The Morgan fingerprint density at radius 3 is 2.62 bits per heavy atom. The largest absolute Gasteiger partial charge is 0.505 e. The summed E-state index contributed by atoms with van der Waals surface area (Å²) in [5.41, 5.74) is 2.75. The standard InChI is InChI=1S/C24H18ClN5O4/c1-3-33-24(32)21-22(31)20-13(2)28-12-29-23(20)30(21)14-4-7-19(16(25)10-14)34-15-5-6-17-18(11-15)27-9-8-26-17/h4-12,31H,3H2,1-2H3. The average molecular weight is 476 g/mol. The quantitative estimate of drug-likeness (QED) is 0.353. The van der Waals surface area contributed by atoms with Crippen LogP contribution in [0.25, 0.3) is 27.8 Å². The highest BCUT2D eigenvalue weighted by molar-refractivity contribution is 6.32. The van der Waals surface area contributed by atoms with Gasteiger partial charge in [0.25, 0.3) is 0 Å². The molecule has 0 bridgehead atoms. The lowest BCUT2D eigenvalue weighted by atomic mass is 10.2. The van der Waals surface area contributed by atoms with E-state index in [0.717, 1.165) is 5.52 Å². The summed E-state index contributed by atoms with van der Waals surface area (Å²) >= 11 is 6.55. The number of esters is 1. The Hall–Kier alpha value is -4.24. The molecule has 0 saturated carbocycles. The van der Waals surface area contributed by atoms with Crippen LogP contribution in [0.15, 0.2) is 55.1 Å². The molecule has 170 valence electrons. The van der Waals surface area contributed by atoms with Crippen LogP contribution in [-0.2, 0) is 4.74 Å². The fourth-order valence-corrected chi connectivity index (χ4v) is 3.94. The van der Waals surface area contributed by atoms with Gasteiger partial charge in [-0.15, -0.1) is 0 Å². The zero-order valence-corrected chi connectivity index (χ0v) is 18.9. The minimum Gasteiger partial charge on any atom is -0.505 e. The van der Waals surface area contributed by atoms with Crippen molar-refractivity contribution in [2.45, 2.75) is 13.8 Å². The third-order valence-corrected chi connectivity index (χ3v) is 5.52. The minimum absolute atomic E-state index is 0.0571. The van der Waals surface area contributed by atoms with E-state index < -0.39 is 5.97 Å². The van der Waals surface area contributed by atoms with Crippen LogP contribution >= 0.6 is 11.6 Å². The predicted molar refractivity (Wildman–Crippen MR) is 126 cm³/mol. The van der Waals surface area contributed by atoms with E-state index in [-0.39, 0.29) is 18.1 Å². The van der Waals surface area contributed by atoms with E-state index in [1.54, 1.807) is 56.6 Å². The number of aromatic nitrogens is 5. The Morgan fingerprint density at radius 1 is 1.06 bits per heavy atom. The molecule has 5 aromatic rings. The van der Waals surface area contributed by atoms with Crippen LogP contribution in [-0.4, -0.2) is 42.2 Å². The van der Waals surface area contributed by atoms with Gasteiger partial charge < -0.3 is 14.6 Å². The van der Waals surface area contributed by atoms with Crippen LogP contribution < -0.4 is 4.74 Å². The number of hydrogen-bond acceptors (Lipinski definition) is 8. The van der Waals surface area contributed by atoms with Gasteiger partial charge in [-0.1, -0.05) is 11.6 Å². The molecule has 2 aromatic carbocycles. The number of rotatable bonds is 5. The van der Waals surface area contributed by atoms with Crippen LogP contribution in [0.3, 0.4) is 0 Å². The molecule has 5 rings (SSSR count). The average Bonchev–Trinajstić information content (AvgIpc) is 3.14. The second-order valence-electron chi connectivity index (χ2n) is 7.33. The molecular weight excluding hydrogens is 458 g/mol. The number of fused-ring (bicyclic) bond motifs is 2. The maximum absolute atomic E-state index is 12.7. The lowest BCUT2D eigenvalue weighted by molar-refractivity contribution is 0.0514. The van der Waals surface area contributed by atoms with Crippen LogP contribution in [0.4, 0.5) is 0 Å². The van der Waals surface area contributed by atoms with Gasteiger partial charge in [0.2, 0.25) is 0 Å². The molecule has 3 aromatic heterocycles. The fraction of sp³-hybridized carbons (Fsp3) is 0.125. The zero-order chi connectivity index (χ0) is 23.8. The van der Waals surface area contributed by atoms with Gasteiger partial charge in [0, 0.05) is 24.1 Å². The van der Waals surface area contributed by atoms with E-state index in [1.165, 1.54) is 10.9 Å². The van der Waals surface area contributed by atoms with Gasteiger partial charge in [0.1, 0.15) is 17.8 Å². The Balaban J connectivity index is 1.59. The number of benzene rings is 2. The number of ether oxygens (including phenoxy) is 2. The summed E-state index contributed by atoms with van der Waals surface area (Å²) in [5.74, 6) is 0.00603. The van der Waals surface area contributed by atoms with Crippen molar-refractivity contribution in [2.24, 2.45) is 0 Å². The first-order valence-corrected chi connectivity index (χ1v) is 10.8. The summed E-state index contributed by atoms with van der Waals surface area (Å²) in [6.07, 6.45) is 4.60. The van der Waals surface area contributed by atoms with Crippen molar-refractivity contribution in [3.63, 3.8) is 0 Å². The van der Waals surface area contributed by atoms with E-state index in [0.29, 0.717) is 44.5 Å². The SMILES string of the molecule is CCOC(=O)c1c(O)c2c(C)ncnc2n1-c1ccc(Oc2ccc3nccnc3c2)c(Cl)c1.